The first-order chi connectivity index (χ1) is 6.48. The molecule has 0 saturated carbocycles. The van der Waals surface area contributed by atoms with Gasteiger partial charge in [-0.2, -0.15) is 0 Å². The van der Waals surface area contributed by atoms with Gasteiger partial charge in [-0.05, 0) is 17.5 Å². The first kappa shape index (κ1) is 13.3. The van der Waals surface area contributed by atoms with E-state index in [1.54, 1.807) is 23.9 Å². The number of fused-ring (bicyclic) bond motifs is 1. The Kier molecular flexibility index (Phi) is 4.11. The summed E-state index contributed by atoms with van der Waals surface area (Å²) in [6.07, 6.45) is 1.75. The third kappa shape index (κ3) is 2.68. The van der Waals surface area contributed by atoms with Gasteiger partial charge in [-0.25, -0.2) is 0 Å². The number of hydrogen-bond donors (Lipinski definition) is 0. The molecule has 2 rings (SSSR count). The second-order valence-electron chi connectivity index (χ2n) is 3.32. The zero-order valence-electron chi connectivity index (χ0n) is 8.55. The van der Waals surface area contributed by atoms with Crippen LogP contribution in [0, 0.1) is 0 Å². The summed E-state index contributed by atoms with van der Waals surface area (Å²) in [6, 6.07) is 5.50. The van der Waals surface area contributed by atoms with Crippen LogP contribution in [-0.4, -0.2) is 11.5 Å². The minimum atomic E-state index is -4.89. The fourth-order valence-electron chi connectivity index (χ4n) is 1.50. The fraction of sp³-hybridized carbons (Fsp3) is 0.111. The van der Waals surface area contributed by atoms with E-state index in [9.17, 15) is 12.9 Å². The molecule has 0 aliphatic rings. The molecule has 0 N–H and O–H groups in total. The summed E-state index contributed by atoms with van der Waals surface area (Å²) in [6.45, 7) is -4.89. The molecular formula is C9H8BF3KN. The molecule has 0 saturated heterocycles. The number of nitrogens with zero attached hydrogens (tertiary/aromatic N) is 1. The van der Waals surface area contributed by atoms with Crippen LogP contribution in [0.5, 0.6) is 0 Å². The average Bonchev–Trinajstić information content (AvgIpc) is 2.46. The van der Waals surface area contributed by atoms with Gasteiger partial charge in [-0.15, -0.1) is 5.46 Å². The van der Waals surface area contributed by atoms with Crippen molar-refractivity contribution in [2.24, 2.45) is 7.05 Å². The Morgan fingerprint density at radius 3 is 2.40 bits per heavy atom. The zero-order valence-corrected chi connectivity index (χ0v) is 11.7. The second kappa shape index (κ2) is 4.63. The standard InChI is InChI=1S/C9H8BF3N.K/c1-14-5-4-7-6-8(10(11,12)13)2-3-9(7)14;/h2-6H,1H3;/q-1;+1. The van der Waals surface area contributed by atoms with E-state index < -0.39 is 12.4 Å². The number of aromatic nitrogens is 1. The van der Waals surface area contributed by atoms with E-state index in [4.69, 9.17) is 0 Å². The van der Waals surface area contributed by atoms with Gasteiger partial charge >= 0.3 is 58.4 Å². The summed E-state index contributed by atoms with van der Waals surface area (Å²) in [4.78, 5) is 0. The number of aryl methyl sites for hydroxylation is 1. The first-order valence-electron chi connectivity index (χ1n) is 4.23. The van der Waals surface area contributed by atoms with Crippen LogP contribution in [0.1, 0.15) is 0 Å². The Morgan fingerprint density at radius 1 is 1.13 bits per heavy atom. The average molecular weight is 237 g/mol. The fourth-order valence-corrected chi connectivity index (χ4v) is 1.50. The Bertz CT molecular complexity index is 478. The molecule has 0 atom stereocenters. The van der Waals surface area contributed by atoms with Crippen LogP contribution in [-0.2, 0) is 7.05 Å². The summed E-state index contributed by atoms with van der Waals surface area (Å²) in [5, 5.41) is 0.629. The van der Waals surface area contributed by atoms with E-state index in [-0.39, 0.29) is 51.4 Å². The molecule has 2 aromatic rings. The Balaban J connectivity index is 0.00000112. The van der Waals surface area contributed by atoms with Crippen LogP contribution in [0.3, 0.4) is 0 Å². The van der Waals surface area contributed by atoms with Gasteiger partial charge in [-0.3, -0.25) is 0 Å². The van der Waals surface area contributed by atoms with Crippen LogP contribution in [0.2, 0.25) is 0 Å². The van der Waals surface area contributed by atoms with E-state index in [1.165, 1.54) is 12.1 Å². The first-order valence-corrected chi connectivity index (χ1v) is 4.23. The van der Waals surface area contributed by atoms with E-state index in [0.29, 0.717) is 5.39 Å². The Morgan fingerprint density at radius 2 is 1.80 bits per heavy atom. The van der Waals surface area contributed by atoms with Gasteiger partial charge in [0.25, 0.3) is 0 Å². The maximum Gasteiger partial charge on any atom is 1.00 e. The summed E-state index contributed by atoms with van der Waals surface area (Å²) >= 11 is 0. The smallest absolute Gasteiger partial charge is 0.445 e. The maximum atomic E-state index is 12.4. The van der Waals surface area contributed by atoms with Crippen LogP contribution >= 0.6 is 0 Å². The minimum Gasteiger partial charge on any atom is -0.445 e. The number of benzene rings is 1. The van der Waals surface area contributed by atoms with Crippen LogP contribution in [0.25, 0.3) is 10.9 Å². The van der Waals surface area contributed by atoms with E-state index in [0.717, 1.165) is 11.6 Å². The summed E-state index contributed by atoms with van der Waals surface area (Å²) in [5.41, 5.74) is 0.275. The van der Waals surface area contributed by atoms with Gasteiger partial charge in [-0.1, -0.05) is 12.1 Å². The summed E-state index contributed by atoms with van der Waals surface area (Å²) < 4.78 is 38.9. The molecular weight excluding hydrogens is 229 g/mol. The topological polar surface area (TPSA) is 4.93 Å². The molecule has 1 heterocycles. The van der Waals surface area contributed by atoms with Gasteiger partial charge in [0.05, 0.1) is 0 Å². The van der Waals surface area contributed by atoms with Crippen molar-refractivity contribution >= 4 is 23.3 Å². The SMILES string of the molecule is Cn1ccc2cc([B-](F)(F)F)ccc21.[K+]. The van der Waals surface area contributed by atoms with Crippen molar-refractivity contribution in [2.75, 3.05) is 0 Å². The van der Waals surface area contributed by atoms with E-state index in [1.807, 2.05) is 0 Å². The summed E-state index contributed by atoms with van der Waals surface area (Å²) in [7, 11) is 1.81. The van der Waals surface area contributed by atoms with Crippen molar-refractivity contribution in [1.82, 2.24) is 4.57 Å². The summed E-state index contributed by atoms with van der Waals surface area (Å²) in [5.74, 6) is 0. The second-order valence-corrected chi connectivity index (χ2v) is 3.32. The van der Waals surface area contributed by atoms with Crippen molar-refractivity contribution < 1.29 is 64.3 Å². The molecule has 1 nitrogen and oxygen atoms in total. The van der Waals surface area contributed by atoms with Gasteiger partial charge in [0.2, 0.25) is 0 Å². The monoisotopic (exact) mass is 237 g/mol. The number of rotatable bonds is 1. The quantitative estimate of drug-likeness (QED) is 0.574. The van der Waals surface area contributed by atoms with Gasteiger partial charge < -0.3 is 17.5 Å². The maximum absolute atomic E-state index is 12.4. The molecule has 1 aromatic carbocycles. The molecule has 0 unspecified atom stereocenters. The Hall–Kier alpha value is 0.251. The molecule has 6 heteroatoms. The molecule has 15 heavy (non-hydrogen) atoms. The van der Waals surface area contributed by atoms with Gasteiger partial charge in [0.1, 0.15) is 0 Å². The number of hydrogen-bond acceptors (Lipinski definition) is 0. The van der Waals surface area contributed by atoms with Crippen molar-refractivity contribution in [3.63, 3.8) is 0 Å². The van der Waals surface area contributed by atoms with E-state index in [2.05, 4.69) is 0 Å². The van der Waals surface area contributed by atoms with Gasteiger partial charge in [0, 0.05) is 18.8 Å². The van der Waals surface area contributed by atoms with E-state index >= 15 is 0 Å². The molecule has 0 radical (unpaired) electrons. The Labute approximate surface area is 128 Å². The van der Waals surface area contributed by atoms with Crippen molar-refractivity contribution in [2.45, 2.75) is 0 Å². The largest absolute Gasteiger partial charge is 1.00 e. The van der Waals surface area contributed by atoms with Gasteiger partial charge in [0.15, 0.2) is 0 Å². The molecule has 0 fully saturated rings. The predicted molar refractivity (Wildman–Crippen MR) is 51.6 cm³/mol. The van der Waals surface area contributed by atoms with Crippen LogP contribution < -0.4 is 56.8 Å². The molecule has 1 aromatic heterocycles. The number of halogens is 3. The zero-order chi connectivity index (χ0) is 10.3. The molecule has 74 valence electrons. The van der Waals surface area contributed by atoms with Crippen LogP contribution in [0.4, 0.5) is 12.9 Å². The third-order valence-electron chi connectivity index (χ3n) is 2.29. The third-order valence-corrected chi connectivity index (χ3v) is 2.29. The van der Waals surface area contributed by atoms with Crippen molar-refractivity contribution in [1.29, 1.82) is 0 Å². The molecule has 0 aliphatic heterocycles. The predicted octanol–water partition coefficient (Wildman–Crippen LogP) is -0.763. The molecule has 0 bridgehead atoms. The minimum absolute atomic E-state index is 0. The van der Waals surface area contributed by atoms with Crippen LogP contribution in [0.15, 0.2) is 30.5 Å². The molecule has 0 spiro atoms. The normalized spacial score (nSPS) is 11.5. The molecule has 0 amide bonds. The molecule has 0 aliphatic carbocycles. The van der Waals surface area contributed by atoms with Crippen molar-refractivity contribution in [3.8, 4) is 0 Å². The van der Waals surface area contributed by atoms with Crippen molar-refractivity contribution in [3.05, 3.63) is 30.5 Å².